The third-order valence-electron chi connectivity index (χ3n) is 4.63. The highest BCUT2D eigenvalue weighted by Crippen LogP contribution is 2.33. The van der Waals surface area contributed by atoms with Crippen LogP contribution >= 0.6 is 0 Å². The molecule has 0 bridgehead atoms. The predicted octanol–water partition coefficient (Wildman–Crippen LogP) is 2.70. The number of nitrogens with one attached hydrogen (secondary N) is 1. The molecule has 1 saturated carbocycles. The quantitative estimate of drug-likeness (QED) is 0.853. The van der Waals surface area contributed by atoms with Crippen LogP contribution in [0, 0.1) is 11.3 Å². The summed E-state index contributed by atoms with van der Waals surface area (Å²) in [6.07, 6.45) is 5.69. The molecule has 1 spiro atoms. The van der Waals surface area contributed by atoms with Crippen molar-refractivity contribution in [3.8, 4) is 6.07 Å². The van der Waals surface area contributed by atoms with Gasteiger partial charge < -0.3 is 5.32 Å². The Morgan fingerprint density at radius 2 is 1.73 bits per heavy atom. The van der Waals surface area contributed by atoms with Crippen molar-refractivity contribution in [3.05, 3.63) is 35.4 Å². The fourth-order valence-electron chi connectivity index (χ4n) is 3.36. The lowest BCUT2D eigenvalue weighted by Crippen LogP contribution is -2.46. The zero-order chi connectivity index (χ0) is 15.6. The molecular formula is C17H19N3O2. The number of hydrogen-bond donors (Lipinski definition) is 1. The number of hydrogen-bond acceptors (Lipinski definition) is 3. The molecule has 0 aromatic heterocycles. The molecule has 1 N–H and O–H groups in total. The molecule has 3 rings (SSSR count). The summed E-state index contributed by atoms with van der Waals surface area (Å²) in [4.78, 5) is 26.3. The van der Waals surface area contributed by atoms with Gasteiger partial charge in [0.2, 0.25) is 0 Å². The Morgan fingerprint density at radius 1 is 1.09 bits per heavy atom. The van der Waals surface area contributed by atoms with Crippen molar-refractivity contribution in [1.82, 2.24) is 10.2 Å². The van der Waals surface area contributed by atoms with Gasteiger partial charge in [-0.25, -0.2) is 4.79 Å². The van der Waals surface area contributed by atoms with Gasteiger partial charge in [0.15, 0.2) is 0 Å². The zero-order valence-corrected chi connectivity index (χ0v) is 12.5. The predicted molar refractivity (Wildman–Crippen MR) is 80.7 cm³/mol. The lowest BCUT2D eigenvalue weighted by molar-refractivity contribution is -0.132. The topological polar surface area (TPSA) is 73.2 Å². The highest BCUT2D eigenvalue weighted by Gasteiger charge is 2.50. The third-order valence-corrected chi connectivity index (χ3v) is 4.63. The Kier molecular flexibility index (Phi) is 3.84. The molecular weight excluding hydrogens is 278 g/mol. The second-order valence-corrected chi connectivity index (χ2v) is 6.13. The van der Waals surface area contributed by atoms with Crippen molar-refractivity contribution in [3.63, 3.8) is 0 Å². The second kappa shape index (κ2) is 5.80. The van der Waals surface area contributed by atoms with Crippen LogP contribution in [-0.4, -0.2) is 22.4 Å². The van der Waals surface area contributed by atoms with Crippen molar-refractivity contribution in [2.45, 2.75) is 50.6 Å². The minimum atomic E-state index is -0.680. The maximum absolute atomic E-state index is 12.8. The largest absolute Gasteiger partial charge is 0.325 e. The monoisotopic (exact) mass is 297 g/mol. The van der Waals surface area contributed by atoms with E-state index in [1.807, 2.05) is 0 Å². The van der Waals surface area contributed by atoms with Crippen molar-refractivity contribution >= 4 is 11.9 Å². The van der Waals surface area contributed by atoms with Gasteiger partial charge in [-0.05, 0) is 30.5 Å². The maximum Gasteiger partial charge on any atom is 0.325 e. The number of imide groups is 1. The summed E-state index contributed by atoms with van der Waals surface area (Å²) in [5.74, 6) is -0.0937. The van der Waals surface area contributed by atoms with Gasteiger partial charge in [-0.1, -0.05) is 37.8 Å². The molecule has 2 fully saturated rings. The number of carbonyl (C=O) groups is 2. The standard InChI is InChI=1S/C17H19N3O2/c18-11-13-5-7-14(8-6-13)12-20-15(21)17(19-16(20)22)9-3-1-2-4-10-17/h5-8H,1-4,9-10,12H2,(H,19,22). The van der Waals surface area contributed by atoms with Gasteiger partial charge in [0.1, 0.15) is 5.54 Å². The first kappa shape index (κ1) is 14.6. The van der Waals surface area contributed by atoms with Crippen LogP contribution in [0.3, 0.4) is 0 Å². The van der Waals surface area contributed by atoms with Gasteiger partial charge in [-0.2, -0.15) is 5.26 Å². The Bertz CT molecular complexity index is 622. The van der Waals surface area contributed by atoms with Gasteiger partial charge in [0.25, 0.3) is 5.91 Å². The van der Waals surface area contributed by atoms with E-state index in [1.165, 1.54) is 4.90 Å². The van der Waals surface area contributed by atoms with Crippen LogP contribution in [0.2, 0.25) is 0 Å². The zero-order valence-electron chi connectivity index (χ0n) is 12.5. The van der Waals surface area contributed by atoms with Gasteiger partial charge in [-0.3, -0.25) is 9.69 Å². The van der Waals surface area contributed by atoms with E-state index < -0.39 is 5.54 Å². The van der Waals surface area contributed by atoms with E-state index in [4.69, 9.17) is 5.26 Å². The van der Waals surface area contributed by atoms with E-state index >= 15 is 0 Å². The Morgan fingerprint density at radius 3 is 2.32 bits per heavy atom. The molecule has 114 valence electrons. The lowest BCUT2D eigenvalue weighted by Gasteiger charge is -2.24. The van der Waals surface area contributed by atoms with Crippen LogP contribution in [0.25, 0.3) is 0 Å². The average Bonchev–Trinajstić information content (AvgIpc) is 2.72. The van der Waals surface area contributed by atoms with Crippen LogP contribution in [0.4, 0.5) is 4.79 Å². The van der Waals surface area contributed by atoms with Crippen molar-refractivity contribution in [2.24, 2.45) is 0 Å². The van der Waals surface area contributed by atoms with E-state index in [0.717, 1.165) is 44.1 Å². The summed E-state index contributed by atoms with van der Waals surface area (Å²) >= 11 is 0. The summed E-state index contributed by atoms with van der Waals surface area (Å²) in [5, 5.41) is 11.7. The molecule has 0 unspecified atom stereocenters. The molecule has 1 aromatic rings. The van der Waals surface area contributed by atoms with E-state index in [1.54, 1.807) is 24.3 Å². The van der Waals surface area contributed by atoms with Crippen LogP contribution in [-0.2, 0) is 11.3 Å². The number of amides is 3. The number of nitriles is 1. The fourth-order valence-corrected chi connectivity index (χ4v) is 3.36. The molecule has 22 heavy (non-hydrogen) atoms. The molecule has 0 radical (unpaired) electrons. The van der Waals surface area contributed by atoms with Crippen molar-refractivity contribution in [2.75, 3.05) is 0 Å². The molecule has 1 aliphatic carbocycles. The highest BCUT2D eigenvalue weighted by molar-refractivity contribution is 6.07. The van der Waals surface area contributed by atoms with Gasteiger partial charge in [0, 0.05) is 0 Å². The Hall–Kier alpha value is -2.35. The summed E-state index contributed by atoms with van der Waals surface area (Å²) in [6, 6.07) is 8.75. The second-order valence-electron chi connectivity index (χ2n) is 6.13. The average molecular weight is 297 g/mol. The molecule has 1 aromatic carbocycles. The number of benzene rings is 1. The Balaban J connectivity index is 1.77. The van der Waals surface area contributed by atoms with Gasteiger partial charge in [0.05, 0.1) is 18.2 Å². The number of urea groups is 1. The third kappa shape index (κ3) is 2.57. The van der Waals surface area contributed by atoms with E-state index in [2.05, 4.69) is 11.4 Å². The molecule has 1 aliphatic heterocycles. The van der Waals surface area contributed by atoms with E-state index in [-0.39, 0.29) is 18.5 Å². The summed E-state index contributed by atoms with van der Waals surface area (Å²) in [5.41, 5.74) is 0.745. The first-order chi connectivity index (χ1) is 10.6. The lowest BCUT2D eigenvalue weighted by atomic mass is 9.90. The van der Waals surface area contributed by atoms with Crippen LogP contribution in [0.5, 0.6) is 0 Å². The Labute approximate surface area is 129 Å². The molecule has 0 atom stereocenters. The smallest absolute Gasteiger partial charge is 0.323 e. The molecule has 2 aliphatic rings. The number of nitrogens with zero attached hydrogens (tertiary/aromatic N) is 2. The molecule has 1 saturated heterocycles. The van der Waals surface area contributed by atoms with Crippen molar-refractivity contribution < 1.29 is 9.59 Å². The summed E-state index contributed by atoms with van der Waals surface area (Å²) in [6.45, 7) is 0.262. The minimum Gasteiger partial charge on any atom is -0.323 e. The normalized spacial score (nSPS) is 20.6. The molecule has 5 nitrogen and oxygen atoms in total. The number of rotatable bonds is 2. The van der Waals surface area contributed by atoms with Crippen LogP contribution in [0.1, 0.15) is 49.7 Å². The highest BCUT2D eigenvalue weighted by atomic mass is 16.2. The van der Waals surface area contributed by atoms with Gasteiger partial charge >= 0.3 is 6.03 Å². The first-order valence-electron chi connectivity index (χ1n) is 7.78. The molecule has 5 heteroatoms. The SMILES string of the molecule is N#Cc1ccc(CN2C(=O)NC3(CCCCCC3)C2=O)cc1. The van der Waals surface area contributed by atoms with Gasteiger partial charge in [-0.15, -0.1) is 0 Å². The van der Waals surface area contributed by atoms with E-state index in [0.29, 0.717) is 5.56 Å². The van der Waals surface area contributed by atoms with Crippen molar-refractivity contribution in [1.29, 1.82) is 5.26 Å². The molecule has 3 amide bonds. The summed E-state index contributed by atoms with van der Waals surface area (Å²) in [7, 11) is 0. The fraction of sp³-hybridized carbons (Fsp3) is 0.471. The maximum atomic E-state index is 12.8. The van der Waals surface area contributed by atoms with Crippen LogP contribution < -0.4 is 5.32 Å². The van der Waals surface area contributed by atoms with E-state index in [9.17, 15) is 9.59 Å². The minimum absolute atomic E-state index is 0.0937. The molecule has 1 heterocycles. The number of carbonyl (C=O) groups excluding carboxylic acids is 2. The van der Waals surface area contributed by atoms with Crippen LogP contribution in [0.15, 0.2) is 24.3 Å². The summed E-state index contributed by atoms with van der Waals surface area (Å²) < 4.78 is 0. The first-order valence-corrected chi connectivity index (χ1v) is 7.78.